The number of fused-ring (bicyclic) bond motifs is 1. The molecule has 1 aliphatic rings. The van der Waals surface area contributed by atoms with Crippen LogP contribution in [0.2, 0.25) is 0 Å². The highest BCUT2D eigenvalue weighted by atomic mass is 16.5. The highest BCUT2D eigenvalue weighted by Crippen LogP contribution is 2.29. The minimum atomic E-state index is -0.261. The van der Waals surface area contributed by atoms with Gasteiger partial charge >= 0.3 is 0 Å². The van der Waals surface area contributed by atoms with Crippen molar-refractivity contribution in [2.75, 3.05) is 44.0 Å². The Morgan fingerprint density at radius 1 is 1.15 bits per heavy atom. The van der Waals surface area contributed by atoms with Crippen molar-refractivity contribution in [3.63, 3.8) is 0 Å². The molecule has 3 aromatic heterocycles. The quantitative estimate of drug-likeness (QED) is 0.450. The summed E-state index contributed by atoms with van der Waals surface area (Å²) in [6.07, 6.45) is 3.00. The van der Waals surface area contributed by atoms with E-state index in [1.54, 1.807) is 30.0 Å². The van der Waals surface area contributed by atoms with Crippen LogP contribution in [0.4, 0.5) is 11.5 Å². The Labute approximate surface area is 196 Å². The summed E-state index contributed by atoms with van der Waals surface area (Å²) in [5.74, 6) is 0.423. The number of ether oxygens (including phenoxy) is 2. The second-order valence-corrected chi connectivity index (χ2v) is 7.88. The van der Waals surface area contributed by atoms with Crippen LogP contribution in [0.1, 0.15) is 15.9 Å². The molecule has 0 unspecified atom stereocenters. The van der Waals surface area contributed by atoms with Gasteiger partial charge in [-0.3, -0.25) is 4.79 Å². The average molecular weight is 460 g/mol. The highest BCUT2D eigenvalue weighted by Gasteiger charge is 2.20. The number of nitrogen functional groups attached to an aromatic ring is 1. The van der Waals surface area contributed by atoms with Crippen molar-refractivity contribution < 1.29 is 14.3 Å². The van der Waals surface area contributed by atoms with Crippen LogP contribution in [-0.2, 0) is 11.3 Å². The van der Waals surface area contributed by atoms with Crippen LogP contribution in [0.15, 0.2) is 55.0 Å². The number of carbonyl (C=O) groups excluding carboxylic acids is 1. The lowest BCUT2D eigenvalue weighted by Crippen LogP contribution is -2.36. The molecule has 174 valence electrons. The molecular weight excluding hydrogens is 434 g/mol. The third kappa shape index (κ3) is 4.23. The molecule has 10 nitrogen and oxygen atoms in total. The van der Waals surface area contributed by atoms with Gasteiger partial charge in [0.05, 0.1) is 31.6 Å². The number of methoxy groups -OCH3 is 1. The number of anilines is 2. The van der Waals surface area contributed by atoms with E-state index >= 15 is 0 Å². The van der Waals surface area contributed by atoms with E-state index in [1.807, 2.05) is 18.2 Å². The molecule has 1 aliphatic heterocycles. The van der Waals surface area contributed by atoms with E-state index in [4.69, 9.17) is 15.2 Å². The first-order valence-electron chi connectivity index (χ1n) is 11.0. The molecule has 1 aromatic carbocycles. The molecule has 10 heteroatoms. The summed E-state index contributed by atoms with van der Waals surface area (Å²) in [5, 5.41) is 7.31. The number of hydrogen-bond acceptors (Lipinski definition) is 8. The molecule has 0 aliphatic carbocycles. The summed E-state index contributed by atoms with van der Waals surface area (Å²) in [7, 11) is 1.55. The fraction of sp³-hybridized carbons (Fsp3) is 0.250. The maximum absolute atomic E-state index is 13.2. The molecule has 0 spiro atoms. The summed E-state index contributed by atoms with van der Waals surface area (Å²) in [6, 6.07) is 13.5. The molecule has 4 heterocycles. The normalized spacial score (nSPS) is 13.7. The average Bonchev–Trinajstić information content (AvgIpc) is 3.29. The van der Waals surface area contributed by atoms with E-state index in [-0.39, 0.29) is 11.7 Å². The van der Waals surface area contributed by atoms with Crippen molar-refractivity contribution in [2.45, 2.75) is 6.54 Å². The fourth-order valence-electron chi connectivity index (χ4n) is 4.05. The minimum Gasteiger partial charge on any atom is -0.481 e. The first-order valence-corrected chi connectivity index (χ1v) is 11.0. The van der Waals surface area contributed by atoms with Crippen molar-refractivity contribution in [2.24, 2.45) is 0 Å². The number of aromatic nitrogens is 4. The molecule has 1 saturated heterocycles. The van der Waals surface area contributed by atoms with Crippen molar-refractivity contribution in [3.8, 4) is 17.1 Å². The maximum Gasteiger partial charge on any atom is 0.253 e. The monoisotopic (exact) mass is 459 g/mol. The number of nitrogens with two attached hydrogens (primary N) is 1. The molecule has 1 amide bonds. The van der Waals surface area contributed by atoms with Gasteiger partial charge in [-0.25, -0.2) is 14.5 Å². The van der Waals surface area contributed by atoms with Gasteiger partial charge in [-0.2, -0.15) is 5.10 Å². The summed E-state index contributed by atoms with van der Waals surface area (Å²) < 4.78 is 12.3. The molecule has 4 aromatic rings. The molecule has 0 saturated carbocycles. The Bertz CT molecular complexity index is 1310. The van der Waals surface area contributed by atoms with E-state index in [0.29, 0.717) is 29.2 Å². The van der Waals surface area contributed by atoms with Crippen LogP contribution >= 0.6 is 0 Å². The minimum absolute atomic E-state index is 0.224. The lowest BCUT2D eigenvalue weighted by atomic mass is 10.1. The first-order chi connectivity index (χ1) is 16.6. The van der Waals surface area contributed by atoms with E-state index < -0.39 is 0 Å². The maximum atomic E-state index is 13.2. The van der Waals surface area contributed by atoms with Gasteiger partial charge in [-0.15, -0.1) is 0 Å². The van der Waals surface area contributed by atoms with Crippen LogP contribution in [-0.4, -0.2) is 58.9 Å². The van der Waals surface area contributed by atoms with Crippen LogP contribution in [0, 0.1) is 0 Å². The molecule has 1 fully saturated rings. The molecular formula is C24H25N7O3. The Morgan fingerprint density at radius 2 is 1.94 bits per heavy atom. The highest BCUT2D eigenvalue weighted by molar-refractivity contribution is 6.05. The number of morpholine rings is 1. The van der Waals surface area contributed by atoms with Crippen LogP contribution in [0.5, 0.6) is 5.88 Å². The summed E-state index contributed by atoms with van der Waals surface area (Å²) in [4.78, 5) is 23.7. The lowest BCUT2D eigenvalue weighted by Gasteiger charge is -2.28. The van der Waals surface area contributed by atoms with Crippen molar-refractivity contribution in [1.29, 1.82) is 0 Å². The van der Waals surface area contributed by atoms with Gasteiger partial charge in [0.15, 0.2) is 5.82 Å². The standard InChI is InChI=1S/C24H25N7O3/c1-33-21-12-17(6-7-26-21)20-13-19(22-23(25)28-15-29-31(20)22)24(32)27-14-16-2-4-18(5-3-16)30-8-10-34-11-9-30/h2-7,12-13,15H,8-11,14H2,1H3,(H,27,32)(H2,25,28,29). The summed E-state index contributed by atoms with van der Waals surface area (Å²) in [5.41, 5.74) is 10.6. The SMILES string of the molecule is COc1cc(-c2cc(C(=O)NCc3ccc(N4CCOCC4)cc3)c3c(N)ncnn23)ccn1. The topological polar surface area (TPSA) is 120 Å². The zero-order valence-corrected chi connectivity index (χ0v) is 18.8. The number of carbonyl (C=O) groups is 1. The number of nitrogens with zero attached hydrogens (tertiary/aromatic N) is 5. The van der Waals surface area contributed by atoms with Gasteiger partial charge < -0.3 is 25.4 Å². The smallest absolute Gasteiger partial charge is 0.253 e. The zero-order chi connectivity index (χ0) is 23.5. The largest absolute Gasteiger partial charge is 0.481 e. The predicted octanol–water partition coefficient (Wildman–Crippen LogP) is 2.15. The molecule has 0 bridgehead atoms. The fourth-order valence-corrected chi connectivity index (χ4v) is 4.05. The second kappa shape index (κ2) is 9.36. The van der Waals surface area contributed by atoms with Crippen LogP contribution in [0.25, 0.3) is 16.8 Å². The number of amides is 1. The summed E-state index contributed by atoms with van der Waals surface area (Å²) in [6.45, 7) is 3.63. The number of hydrogen-bond donors (Lipinski definition) is 2. The van der Waals surface area contributed by atoms with Crippen molar-refractivity contribution >= 4 is 22.9 Å². The van der Waals surface area contributed by atoms with Crippen LogP contribution in [0.3, 0.4) is 0 Å². The third-order valence-electron chi connectivity index (χ3n) is 5.83. The van der Waals surface area contributed by atoms with Crippen molar-refractivity contribution in [1.82, 2.24) is 24.9 Å². The molecule has 5 rings (SSSR count). The Kier molecular flexibility index (Phi) is 5.96. The predicted molar refractivity (Wildman–Crippen MR) is 128 cm³/mol. The molecule has 0 radical (unpaired) electrons. The molecule has 3 N–H and O–H groups in total. The Hall–Kier alpha value is -4.18. The van der Waals surface area contributed by atoms with Gasteiger partial charge in [0.1, 0.15) is 11.8 Å². The lowest BCUT2D eigenvalue weighted by molar-refractivity contribution is 0.0952. The van der Waals surface area contributed by atoms with Gasteiger partial charge in [0.25, 0.3) is 5.91 Å². The number of benzene rings is 1. The zero-order valence-electron chi connectivity index (χ0n) is 18.8. The van der Waals surface area contributed by atoms with Crippen LogP contribution < -0.4 is 20.7 Å². The van der Waals surface area contributed by atoms with Crippen molar-refractivity contribution in [3.05, 3.63) is 66.1 Å². The van der Waals surface area contributed by atoms with E-state index in [0.717, 1.165) is 43.1 Å². The van der Waals surface area contributed by atoms with Gasteiger partial charge in [-0.05, 0) is 29.8 Å². The second-order valence-electron chi connectivity index (χ2n) is 7.88. The molecule has 0 atom stereocenters. The van der Waals surface area contributed by atoms with E-state index in [1.165, 1.54) is 6.33 Å². The Morgan fingerprint density at radius 3 is 2.71 bits per heavy atom. The van der Waals surface area contributed by atoms with Gasteiger partial charge in [-0.1, -0.05) is 12.1 Å². The van der Waals surface area contributed by atoms with Gasteiger partial charge in [0.2, 0.25) is 5.88 Å². The summed E-state index contributed by atoms with van der Waals surface area (Å²) >= 11 is 0. The number of rotatable bonds is 6. The Balaban J connectivity index is 1.38. The van der Waals surface area contributed by atoms with E-state index in [2.05, 4.69) is 37.4 Å². The van der Waals surface area contributed by atoms with E-state index in [9.17, 15) is 4.79 Å². The van der Waals surface area contributed by atoms with Gasteiger partial charge in [0, 0.05) is 43.1 Å². The number of pyridine rings is 1. The number of nitrogens with one attached hydrogen (secondary N) is 1. The molecule has 34 heavy (non-hydrogen) atoms. The first kappa shape index (κ1) is 21.7. The third-order valence-corrected chi connectivity index (χ3v) is 5.83.